The van der Waals surface area contributed by atoms with Crippen molar-refractivity contribution in [3.05, 3.63) is 32.9 Å². The minimum Gasteiger partial charge on any atom is -0.370 e. The van der Waals surface area contributed by atoms with Crippen molar-refractivity contribution >= 4 is 22.6 Å². The minimum absolute atomic E-state index is 0.134. The van der Waals surface area contributed by atoms with Gasteiger partial charge in [0.05, 0.1) is 12.2 Å². The molecule has 0 aliphatic carbocycles. The van der Waals surface area contributed by atoms with Gasteiger partial charge in [-0.2, -0.15) is 0 Å². The molecule has 0 spiro atoms. The van der Waals surface area contributed by atoms with Gasteiger partial charge >= 0.3 is 0 Å². The molecule has 0 amide bonds. The lowest BCUT2D eigenvalue weighted by molar-refractivity contribution is -0.0588. The zero-order valence-electron chi connectivity index (χ0n) is 9.73. The maximum atomic E-state index is 5.96. The van der Waals surface area contributed by atoms with E-state index in [0.29, 0.717) is 0 Å². The van der Waals surface area contributed by atoms with Gasteiger partial charge in [0.15, 0.2) is 0 Å². The Morgan fingerprint density at radius 3 is 2.47 bits per heavy atom. The molecule has 0 unspecified atom stereocenters. The molecule has 1 aromatic rings. The van der Waals surface area contributed by atoms with Crippen molar-refractivity contribution in [3.8, 4) is 0 Å². The summed E-state index contributed by atoms with van der Waals surface area (Å²) in [6.07, 6.45) is 0. The van der Waals surface area contributed by atoms with E-state index in [2.05, 4.69) is 68.5 Å². The fraction of sp³-hybridized carbons (Fsp3) is 0.538. The van der Waals surface area contributed by atoms with Crippen LogP contribution < -0.4 is 0 Å². The molecule has 0 atom stereocenters. The Balaban J connectivity index is 2.64. The number of hydrogen-bond donors (Lipinski definition) is 0. The average molecular weight is 316 g/mol. The Hall–Kier alpha value is -0.0900. The summed E-state index contributed by atoms with van der Waals surface area (Å²) in [6.45, 7) is 9.59. The zero-order valence-corrected chi connectivity index (χ0v) is 11.9. The van der Waals surface area contributed by atoms with E-state index < -0.39 is 0 Å². The van der Waals surface area contributed by atoms with Crippen molar-refractivity contribution < 1.29 is 4.74 Å². The third kappa shape index (κ3) is 1.94. The number of rotatable bonds is 0. The van der Waals surface area contributed by atoms with E-state index in [0.717, 1.165) is 6.61 Å². The summed E-state index contributed by atoms with van der Waals surface area (Å²) >= 11 is 2.36. The smallest absolute Gasteiger partial charge is 0.0878 e. The highest BCUT2D eigenvalue weighted by Gasteiger charge is 2.37. The van der Waals surface area contributed by atoms with Crippen LogP contribution in [-0.4, -0.2) is 6.61 Å². The Morgan fingerprint density at radius 1 is 1.13 bits per heavy atom. The van der Waals surface area contributed by atoms with Gasteiger partial charge in [0.1, 0.15) is 0 Å². The highest BCUT2D eigenvalue weighted by atomic mass is 127. The van der Waals surface area contributed by atoms with Gasteiger partial charge in [-0.15, -0.1) is 0 Å². The van der Waals surface area contributed by atoms with E-state index in [4.69, 9.17) is 4.74 Å². The third-order valence-corrected chi connectivity index (χ3v) is 3.82. The molecular weight excluding hydrogens is 299 g/mol. The van der Waals surface area contributed by atoms with Crippen LogP contribution in [0.5, 0.6) is 0 Å². The molecule has 0 N–H and O–H groups in total. The quantitative estimate of drug-likeness (QED) is 0.661. The van der Waals surface area contributed by atoms with E-state index in [1.807, 2.05) is 0 Å². The molecule has 0 saturated carbocycles. The highest BCUT2D eigenvalue weighted by molar-refractivity contribution is 14.1. The topological polar surface area (TPSA) is 9.23 Å². The van der Waals surface area contributed by atoms with Crippen molar-refractivity contribution in [3.63, 3.8) is 0 Å². The van der Waals surface area contributed by atoms with E-state index in [1.54, 1.807) is 0 Å². The van der Waals surface area contributed by atoms with Crippen LogP contribution in [-0.2, 0) is 15.8 Å². The van der Waals surface area contributed by atoms with Gasteiger partial charge in [-0.3, -0.25) is 0 Å². The maximum Gasteiger partial charge on any atom is 0.0878 e. The van der Waals surface area contributed by atoms with Crippen molar-refractivity contribution in [2.45, 2.75) is 38.7 Å². The van der Waals surface area contributed by atoms with Gasteiger partial charge in [-0.1, -0.05) is 19.9 Å². The molecule has 0 aromatic heterocycles. The second-order valence-electron chi connectivity index (χ2n) is 5.37. The molecule has 0 radical (unpaired) electrons. The molecule has 2 heteroatoms. The normalized spacial score (nSPS) is 22.2. The highest BCUT2D eigenvalue weighted by Crippen LogP contribution is 2.41. The zero-order chi connectivity index (χ0) is 11.3. The second kappa shape index (κ2) is 3.45. The van der Waals surface area contributed by atoms with Gasteiger partial charge in [0, 0.05) is 8.99 Å². The molecule has 0 bridgehead atoms. The lowest BCUT2D eigenvalue weighted by Gasteiger charge is -2.41. The summed E-state index contributed by atoms with van der Waals surface area (Å²) in [7, 11) is 0. The summed E-state index contributed by atoms with van der Waals surface area (Å²) in [5, 5.41) is 0. The molecule has 1 heterocycles. The van der Waals surface area contributed by atoms with Crippen LogP contribution in [0.3, 0.4) is 0 Å². The number of halogens is 1. The molecule has 0 fully saturated rings. The van der Waals surface area contributed by atoms with Crippen LogP contribution >= 0.6 is 22.6 Å². The molecule has 1 aliphatic heterocycles. The Bertz CT molecular complexity index is 394. The first kappa shape index (κ1) is 11.4. The number of benzene rings is 1. The fourth-order valence-corrected chi connectivity index (χ4v) is 2.61. The molecule has 2 rings (SSSR count). The van der Waals surface area contributed by atoms with Crippen molar-refractivity contribution in [2.24, 2.45) is 0 Å². The molecule has 1 aliphatic rings. The Morgan fingerprint density at radius 2 is 1.80 bits per heavy atom. The van der Waals surface area contributed by atoms with Crippen LogP contribution in [0.4, 0.5) is 0 Å². The number of fused-ring (bicyclic) bond motifs is 1. The first-order valence-electron chi connectivity index (χ1n) is 5.27. The molecule has 82 valence electrons. The van der Waals surface area contributed by atoms with Gasteiger partial charge in [0.2, 0.25) is 0 Å². The first-order valence-corrected chi connectivity index (χ1v) is 6.35. The van der Waals surface area contributed by atoms with Crippen molar-refractivity contribution in [2.75, 3.05) is 6.61 Å². The molecular formula is C13H17IO. The predicted molar refractivity (Wildman–Crippen MR) is 71.2 cm³/mol. The number of hydrogen-bond acceptors (Lipinski definition) is 1. The monoisotopic (exact) mass is 316 g/mol. The van der Waals surface area contributed by atoms with Gasteiger partial charge in [-0.05, 0) is 59.7 Å². The maximum absolute atomic E-state index is 5.96. The molecule has 1 nitrogen and oxygen atoms in total. The van der Waals surface area contributed by atoms with Crippen LogP contribution in [0.15, 0.2) is 18.2 Å². The standard InChI is InChI=1S/C13H17IO/c1-12(2)8-15-13(3,4)11-7-9(14)5-6-10(11)12/h5-7H,8H2,1-4H3. The van der Waals surface area contributed by atoms with Gasteiger partial charge in [-0.25, -0.2) is 0 Å². The second-order valence-corrected chi connectivity index (χ2v) is 6.62. The molecule has 15 heavy (non-hydrogen) atoms. The molecule has 0 saturated heterocycles. The van der Waals surface area contributed by atoms with E-state index >= 15 is 0 Å². The van der Waals surface area contributed by atoms with Crippen molar-refractivity contribution in [1.29, 1.82) is 0 Å². The van der Waals surface area contributed by atoms with Gasteiger partial charge in [0.25, 0.3) is 0 Å². The van der Waals surface area contributed by atoms with E-state index in [9.17, 15) is 0 Å². The first-order chi connectivity index (χ1) is 6.83. The van der Waals surface area contributed by atoms with Crippen molar-refractivity contribution in [1.82, 2.24) is 0 Å². The molecule has 1 aromatic carbocycles. The number of ether oxygens (including phenoxy) is 1. The average Bonchev–Trinajstić information content (AvgIpc) is 2.13. The summed E-state index contributed by atoms with van der Waals surface area (Å²) < 4.78 is 7.24. The van der Waals surface area contributed by atoms with Crippen LogP contribution in [0, 0.1) is 3.57 Å². The van der Waals surface area contributed by atoms with E-state index in [-0.39, 0.29) is 11.0 Å². The summed E-state index contributed by atoms with van der Waals surface area (Å²) in [6, 6.07) is 6.68. The lowest BCUT2D eigenvalue weighted by atomic mass is 9.76. The summed E-state index contributed by atoms with van der Waals surface area (Å²) in [4.78, 5) is 0. The van der Waals surface area contributed by atoms with E-state index in [1.165, 1.54) is 14.7 Å². The van der Waals surface area contributed by atoms with Gasteiger partial charge < -0.3 is 4.74 Å². The largest absolute Gasteiger partial charge is 0.370 e. The Kier molecular flexibility index (Phi) is 2.62. The summed E-state index contributed by atoms with van der Waals surface area (Å²) in [5.74, 6) is 0. The Labute approximate surface area is 105 Å². The lowest BCUT2D eigenvalue weighted by Crippen LogP contribution is -2.39. The SMILES string of the molecule is CC1(C)COC(C)(C)c2cc(I)ccc21. The fourth-order valence-electron chi connectivity index (χ4n) is 2.12. The minimum atomic E-state index is -0.147. The summed E-state index contributed by atoms with van der Waals surface area (Å²) in [5.41, 5.74) is 2.76. The van der Waals surface area contributed by atoms with Crippen LogP contribution in [0.25, 0.3) is 0 Å². The predicted octanol–water partition coefficient (Wildman–Crippen LogP) is 3.83. The van der Waals surface area contributed by atoms with Crippen LogP contribution in [0.1, 0.15) is 38.8 Å². The van der Waals surface area contributed by atoms with Crippen LogP contribution in [0.2, 0.25) is 0 Å². The third-order valence-electron chi connectivity index (χ3n) is 3.15.